The van der Waals surface area contributed by atoms with E-state index in [4.69, 9.17) is 0 Å². The molecular weight excluding hydrogens is 282 g/mol. The summed E-state index contributed by atoms with van der Waals surface area (Å²) in [6.07, 6.45) is 1.19. The van der Waals surface area contributed by atoms with Gasteiger partial charge in [0.05, 0.1) is 0 Å². The molecule has 0 bridgehead atoms. The Balaban J connectivity index is 2.47. The van der Waals surface area contributed by atoms with E-state index in [0.29, 0.717) is 11.3 Å². The van der Waals surface area contributed by atoms with Crippen molar-refractivity contribution in [2.75, 3.05) is 6.54 Å². The van der Waals surface area contributed by atoms with E-state index in [9.17, 15) is 0 Å². The van der Waals surface area contributed by atoms with Crippen molar-refractivity contribution in [3.8, 4) is 0 Å². The molecule has 2 unspecified atom stereocenters. The molecule has 0 saturated heterocycles. The van der Waals surface area contributed by atoms with Gasteiger partial charge in [-0.05, 0) is 38.1 Å². The fraction of sp³-hybridized carbons (Fsp3) is 0.538. The number of hydrogen-bond acceptors (Lipinski definition) is 2. The smallest absolute Gasteiger partial charge is 0.0217 e. The van der Waals surface area contributed by atoms with Gasteiger partial charge in [-0.3, -0.25) is 0 Å². The summed E-state index contributed by atoms with van der Waals surface area (Å²) in [4.78, 5) is 1.33. The zero-order valence-corrected chi connectivity index (χ0v) is 12.6. The Morgan fingerprint density at radius 2 is 2.12 bits per heavy atom. The van der Waals surface area contributed by atoms with Crippen molar-refractivity contribution in [3.05, 3.63) is 28.7 Å². The molecule has 2 atom stereocenters. The summed E-state index contributed by atoms with van der Waals surface area (Å²) in [5.74, 6) is 0. The van der Waals surface area contributed by atoms with Gasteiger partial charge < -0.3 is 5.32 Å². The topological polar surface area (TPSA) is 12.0 Å². The van der Waals surface area contributed by atoms with Crippen LogP contribution >= 0.6 is 27.7 Å². The fourth-order valence-corrected chi connectivity index (χ4v) is 3.03. The van der Waals surface area contributed by atoms with E-state index in [0.717, 1.165) is 11.0 Å². The predicted octanol–water partition coefficient (Wildman–Crippen LogP) is 4.32. The van der Waals surface area contributed by atoms with Crippen LogP contribution in [0.25, 0.3) is 0 Å². The summed E-state index contributed by atoms with van der Waals surface area (Å²) in [7, 11) is 0. The highest BCUT2D eigenvalue weighted by atomic mass is 79.9. The van der Waals surface area contributed by atoms with Crippen LogP contribution < -0.4 is 5.32 Å². The molecule has 0 amide bonds. The summed E-state index contributed by atoms with van der Waals surface area (Å²) < 4.78 is 1.15. The first-order valence-corrected chi connectivity index (χ1v) is 7.46. The first-order valence-electron chi connectivity index (χ1n) is 5.79. The normalized spacial score (nSPS) is 14.8. The minimum Gasteiger partial charge on any atom is -0.313 e. The molecule has 1 N–H and O–H groups in total. The van der Waals surface area contributed by atoms with Gasteiger partial charge in [0, 0.05) is 20.7 Å². The van der Waals surface area contributed by atoms with Gasteiger partial charge >= 0.3 is 0 Å². The predicted molar refractivity (Wildman–Crippen MR) is 77.2 cm³/mol. The Bertz CT molecular complexity index is 317. The minimum absolute atomic E-state index is 0.545. The van der Waals surface area contributed by atoms with Crippen LogP contribution in [0.15, 0.2) is 33.6 Å². The highest BCUT2D eigenvalue weighted by Gasteiger charge is 2.12. The quantitative estimate of drug-likeness (QED) is 0.786. The van der Waals surface area contributed by atoms with E-state index < -0.39 is 0 Å². The Morgan fingerprint density at radius 3 is 2.75 bits per heavy atom. The van der Waals surface area contributed by atoms with Crippen molar-refractivity contribution >= 4 is 27.7 Å². The van der Waals surface area contributed by atoms with Crippen LogP contribution in [-0.2, 0) is 0 Å². The Kier molecular flexibility index (Phi) is 6.47. The molecule has 0 saturated carbocycles. The number of rotatable bonds is 6. The molecule has 1 aromatic carbocycles. The van der Waals surface area contributed by atoms with Gasteiger partial charge in [0.1, 0.15) is 0 Å². The van der Waals surface area contributed by atoms with Gasteiger partial charge in [-0.2, -0.15) is 0 Å². The molecule has 0 aliphatic heterocycles. The molecule has 1 aromatic rings. The van der Waals surface area contributed by atoms with Crippen molar-refractivity contribution in [1.29, 1.82) is 0 Å². The van der Waals surface area contributed by atoms with Crippen LogP contribution in [0.2, 0.25) is 0 Å². The van der Waals surface area contributed by atoms with E-state index in [1.807, 2.05) is 11.8 Å². The van der Waals surface area contributed by atoms with E-state index >= 15 is 0 Å². The molecule has 0 aliphatic carbocycles. The van der Waals surface area contributed by atoms with E-state index in [1.165, 1.54) is 11.3 Å². The molecule has 0 heterocycles. The van der Waals surface area contributed by atoms with Crippen molar-refractivity contribution < 1.29 is 0 Å². The lowest BCUT2D eigenvalue weighted by molar-refractivity contribution is 0.542. The number of benzene rings is 1. The molecule has 90 valence electrons. The fourth-order valence-electron chi connectivity index (χ4n) is 1.39. The lowest BCUT2D eigenvalue weighted by Crippen LogP contribution is -2.34. The van der Waals surface area contributed by atoms with Crippen LogP contribution in [0, 0.1) is 0 Å². The summed E-state index contributed by atoms with van der Waals surface area (Å²) in [6.45, 7) is 7.83. The third-order valence-electron chi connectivity index (χ3n) is 2.54. The summed E-state index contributed by atoms with van der Waals surface area (Å²) in [5, 5.41) is 4.12. The molecule has 3 heteroatoms. The second-order valence-corrected chi connectivity index (χ2v) is 6.39. The van der Waals surface area contributed by atoms with Gasteiger partial charge in [0.15, 0.2) is 0 Å². The molecule has 0 aromatic heterocycles. The zero-order valence-electron chi connectivity index (χ0n) is 10.2. The third-order valence-corrected chi connectivity index (χ3v) is 4.34. The van der Waals surface area contributed by atoms with Gasteiger partial charge in [-0.1, -0.05) is 35.8 Å². The van der Waals surface area contributed by atoms with E-state index in [-0.39, 0.29) is 0 Å². The van der Waals surface area contributed by atoms with Crippen molar-refractivity contribution in [1.82, 2.24) is 5.32 Å². The zero-order chi connectivity index (χ0) is 12.0. The monoisotopic (exact) mass is 301 g/mol. The molecule has 0 spiro atoms. The lowest BCUT2D eigenvalue weighted by atomic mass is 10.2. The maximum atomic E-state index is 3.53. The third kappa shape index (κ3) is 4.89. The van der Waals surface area contributed by atoms with Crippen LogP contribution in [0.1, 0.15) is 27.2 Å². The molecule has 1 nitrogen and oxygen atoms in total. The molecule has 0 fully saturated rings. The minimum atomic E-state index is 0.545. The standard InChI is InChI=1S/C13H20BrNS/c1-4-8-15-10(2)11(3)16-13-7-5-6-12(14)9-13/h5-7,9-11,15H,4,8H2,1-3H3. The number of thioether (sulfide) groups is 1. The maximum absolute atomic E-state index is 3.53. The average Bonchev–Trinajstić information content (AvgIpc) is 2.25. The highest BCUT2D eigenvalue weighted by molar-refractivity contribution is 9.10. The number of hydrogen-bond donors (Lipinski definition) is 1. The summed E-state index contributed by atoms with van der Waals surface area (Å²) >= 11 is 5.43. The second-order valence-electron chi connectivity index (χ2n) is 4.02. The first kappa shape index (κ1) is 14.1. The molecule has 0 aliphatic rings. The van der Waals surface area contributed by atoms with Crippen LogP contribution in [0.3, 0.4) is 0 Å². The van der Waals surface area contributed by atoms with Crippen molar-refractivity contribution in [2.24, 2.45) is 0 Å². The van der Waals surface area contributed by atoms with Gasteiger partial charge in [0.2, 0.25) is 0 Å². The summed E-state index contributed by atoms with van der Waals surface area (Å²) in [5.41, 5.74) is 0. The SMILES string of the molecule is CCCNC(C)C(C)Sc1cccc(Br)c1. The van der Waals surface area contributed by atoms with Crippen LogP contribution in [0.5, 0.6) is 0 Å². The summed E-state index contributed by atoms with van der Waals surface area (Å²) in [6, 6.07) is 9.03. The van der Waals surface area contributed by atoms with E-state index in [1.54, 1.807) is 0 Å². The van der Waals surface area contributed by atoms with Crippen molar-refractivity contribution in [3.63, 3.8) is 0 Å². The van der Waals surface area contributed by atoms with Crippen molar-refractivity contribution in [2.45, 2.75) is 43.4 Å². The molecular formula is C13H20BrNS. The maximum Gasteiger partial charge on any atom is 0.0217 e. The molecule has 1 rings (SSSR count). The number of halogens is 1. The van der Waals surface area contributed by atoms with Gasteiger partial charge in [0.25, 0.3) is 0 Å². The molecule has 16 heavy (non-hydrogen) atoms. The highest BCUT2D eigenvalue weighted by Crippen LogP contribution is 2.27. The first-order chi connectivity index (χ1) is 7.63. The number of nitrogens with one attached hydrogen (secondary N) is 1. The molecule has 0 radical (unpaired) electrons. The Hall–Kier alpha value is 0.01000. The largest absolute Gasteiger partial charge is 0.313 e. The van der Waals surface area contributed by atoms with Crippen LogP contribution in [0.4, 0.5) is 0 Å². The van der Waals surface area contributed by atoms with Gasteiger partial charge in [-0.25, -0.2) is 0 Å². The lowest BCUT2D eigenvalue weighted by Gasteiger charge is -2.20. The van der Waals surface area contributed by atoms with Gasteiger partial charge in [-0.15, -0.1) is 11.8 Å². The average molecular weight is 302 g/mol. The second kappa shape index (κ2) is 7.36. The van der Waals surface area contributed by atoms with E-state index in [2.05, 4.69) is 66.3 Å². The Morgan fingerprint density at radius 1 is 1.38 bits per heavy atom. The van der Waals surface area contributed by atoms with Crippen LogP contribution in [-0.4, -0.2) is 17.8 Å². The Labute approximate surface area is 112 Å².